The minimum Gasteiger partial charge on any atom is -0.481 e. The predicted molar refractivity (Wildman–Crippen MR) is 97.5 cm³/mol. The van der Waals surface area contributed by atoms with Crippen molar-refractivity contribution < 1.29 is 18.7 Å². The van der Waals surface area contributed by atoms with Gasteiger partial charge in [-0.25, -0.2) is 4.98 Å². The molecule has 27 heavy (non-hydrogen) atoms. The summed E-state index contributed by atoms with van der Waals surface area (Å²) in [6.45, 7) is 4.26. The van der Waals surface area contributed by atoms with E-state index in [2.05, 4.69) is 16.8 Å². The van der Waals surface area contributed by atoms with Gasteiger partial charge in [0, 0.05) is 44.1 Å². The topological polar surface area (TPSA) is 69.6 Å². The molecule has 0 aromatic carbocycles. The Kier molecular flexibility index (Phi) is 4.68. The Balaban J connectivity index is 1.65. The van der Waals surface area contributed by atoms with E-state index in [1.54, 1.807) is 0 Å². The summed E-state index contributed by atoms with van der Waals surface area (Å²) < 4.78 is 29.2. The standard InChI is InChI=1S/C19H26F2N4O2/c1-12-6-10-25(12)18-22-16-14(3-2-8-19(16,20)21)17(23-18)24-9-7-13(11-24)4-5-15(26)27/h12-13H,2-11H2,1H3,(H,26,27)/t12-,13-/m0/s1. The number of rotatable bonds is 5. The lowest BCUT2D eigenvalue weighted by Gasteiger charge is -2.40. The number of anilines is 2. The number of aliphatic carboxylic acids is 1. The van der Waals surface area contributed by atoms with Crippen LogP contribution in [0.2, 0.25) is 0 Å². The van der Waals surface area contributed by atoms with Crippen LogP contribution < -0.4 is 9.80 Å². The third kappa shape index (κ3) is 3.46. The molecule has 0 saturated carbocycles. The van der Waals surface area contributed by atoms with Crippen molar-refractivity contribution in [3.05, 3.63) is 11.3 Å². The highest BCUT2D eigenvalue weighted by Gasteiger charge is 2.42. The maximum absolute atomic E-state index is 14.6. The van der Waals surface area contributed by atoms with Crippen LogP contribution in [0, 0.1) is 5.92 Å². The highest BCUT2D eigenvalue weighted by atomic mass is 19.3. The Morgan fingerprint density at radius 1 is 1.30 bits per heavy atom. The van der Waals surface area contributed by atoms with Crippen molar-refractivity contribution in [3.63, 3.8) is 0 Å². The maximum Gasteiger partial charge on any atom is 0.303 e. The summed E-state index contributed by atoms with van der Waals surface area (Å²) in [5.74, 6) is -2.37. The summed E-state index contributed by atoms with van der Waals surface area (Å²) >= 11 is 0. The number of carboxylic acid groups (broad SMARTS) is 1. The molecule has 8 heteroatoms. The first-order valence-corrected chi connectivity index (χ1v) is 9.88. The van der Waals surface area contributed by atoms with Crippen LogP contribution in [0.1, 0.15) is 56.7 Å². The van der Waals surface area contributed by atoms with E-state index < -0.39 is 11.9 Å². The van der Waals surface area contributed by atoms with Crippen molar-refractivity contribution in [1.82, 2.24) is 9.97 Å². The lowest BCUT2D eigenvalue weighted by Crippen LogP contribution is -2.47. The molecule has 0 spiro atoms. The fraction of sp³-hybridized carbons (Fsp3) is 0.737. The summed E-state index contributed by atoms with van der Waals surface area (Å²) in [6, 6.07) is 0.273. The fourth-order valence-corrected chi connectivity index (χ4v) is 4.39. The zero-order valence-electron chi connectivity index (χ0n) is 15.6. The number of carbonyl (C=O) groups is 1. The van der Waals surface area contributed by atoms with E-state index in [4.69, 9.17) is 10.1 Å². The summed E-state index contributed by atoms with van der Waals surface area (Å²) in [7, 11) is 0. The molecule has 2 aliphatic heterocycles. The molecule has 1 aliphatic carbocycles. The first-order chi connectivity index (χ1) is 12.8. The second-order valence-corrected chi connectivity index (χ2v) is 8.10. The van der Waals surface area contributed by atoms with Gasteiger partial charge < -0.3 is 14.9 Å². The molecule has 3 aliphatic rings. The van der Waals surface area contributed by atoms with E-state index in [-0.39, 0.29) is 30.5 Å². The molecule has 148 valence electrons. The summed E-state index contributed by atoms with van der Waals surface area (Å²) in [5.41, 5.74) is 0.490. The van der Waals surface area contributed by atoms with E-state index in [9.17, 15) is 13.6 Å². The number of alkyl halides is 2. The van der Waals surface area contributed by atoms with Gasteiger partial charge in [-0.3, -0.25) is 4.79 Å². The Morgan fingerprint density at radius 2 is 2.11 bits per heavy atom. The first kappa shape index (κ1) is 18.4. The molecular weight excluding hydrogens is 354 g/mol. The van der Waals surface area contributed by atoms with Crippen molar-refractivity contribution in [3.8, 4) is 0 Å². The van der Waals surface area contributed by atoms with Crippen LogP contribution >= 0.6 is 0 Å². The van der Waals surface area contributed by atoms with Gasteiger partial charge in [-0.15, -0.1) is 0 Å². The van der Waals surface area contributed by atoms with Crippen molar-refractivity contribution in [2.75, 3.05) is 29.4 Å². The zero-order chi connectivity index (χ0) is 19.2. The van der Waals surface area contributed by atoms with Crippen LogP contribution in [0.4, 0.5) is 20.5 Å². The van der Waals surface area contributed by atoms with Crippen LogP contribution in [0.25, 0.3) is 0 Å². The lowest BCUT2D eigenvalue weighted by atomic mass is 9.92. The van der Waals surface area contributed by atoms with Crippen molar-refractivity contribution >= 4 is 17.7 Å². The summed E-state index contributed by atoms with van der Waals surface area (Å²) in [5, 5.41) is 8.91. The second kappa shape index (κ2) is 6.87. The average molecular weight is 380 g/mol. The number of carboxylic acids is 1. The van der Waals surface area contributed by atoms with Gasteiger partial charge in [-0.2, -0.15) is 13.8 Å². The van der Waals surface area contributed by atoms with Gasteiger partial charge in [-0.1, -0.05) is 0 Å². The molecule has 2 atom stereocenters. The Bertz CT molecular complexity index is 743. The molecule has 2 saturated heterocycles. The molecule has 3 heterocycles. The van der Waals surface area contributed by atoms with Crippen LogP contribution in [-0.4, -0.2) is 46.7 Å². The van der Waals surface area contributed by atoms with Crippen molar-refractivity contribution in [2.24, 2.45) is 5.92 Å². The molecular formula is C19H26F2N4O2. The van der Waals surface area contributed by atoms with E-state index >= 15 is 0 Å². The van der Waals surface area contributed by atoms with E-state index in [1.807, 2.05) is 4.90 Å². The SMILES string of the molecule is C[C@H]1CCN1c1nc(N2CC[C@H](CCC(=O)O)C2)c2c(n1)C(F)(F)CCC2. The summed E-state index contributed by atoms with van der Waals surface area (Å²) in [6.07, 6.45) is 3.51. The monoisotopic (exact) mass is 380 g/mol. The zero-order valence-corrected chi connectivity index (χ0v) is 15.6. The molecule has 4 rings (SSSR count). The number of aromatic nitrogens is 2. The molecule has 0 amide bonds. The van der Waals surface area contributed by atoms with Gasteiger partial charge in [-0.05, 0) is 44.9 Å². The van der Waals surface area contributed by atoms with Gasteiger partial charge in [0.15, 0.2) is 0 Å². The van der Waals surface area contributed by atoms with E-state index in [0.717, 1.165) is 25.9 Å². The lowest BCUT2D eigenvalue weighted by molar-refractivity contribution is -0.137. The second-order valence-electron chi connectivity index (χ2n) is 8.10. The van der Waals surface area contributed by atoms with Gasteiger partial charge in [0.05, 0.1) is 0 Å². The third-order valence-electron chi connectivity index (χ3n) is 6.17. The molecule has 6 nitrogen and oxygen atoms in total. The van der Waals surface area contributed by atoms with Crippen LogP contribution in [0.15, 0.2) is 0 Å². The molecule has 0 bridgehead atoms. The fourth-order valence-electron chi connectivity index (χ4n) is 4.39. The minimum atomic E-state index is -2.91. The van der Waals surface area contributed by atoms with Gasteiger partial charge in [0.25, 0.3) is 5.92 Å². The highest BCUT2D eigenvalue weighted by molar-refractivity contribution is 5.66. The van der Waals surface area contributed by atoms with E-state index in [0.29, 0.717) is 43.1 Å². The van der Waals surface area contributed by atoms with Crippen molar-refractivity contribution in [1.29, 1.82) is 0 Å². The quantitative estimate of drug-likeness (QED) is 0.846. The Morgan fingerprint density at radius 3 is 2.78 bits per heavy atom. The molecule has 0 unspecified atom stereocenters. The number of hydrogen-bond donors (Lipinski definition) is 1. The van der Waals surface area contributed by atoms with Crippen molar-refractivity contribution in [2.45, 2.75) is 63.8 Å². The summed E-state index contributed by atoms with van der Waals surface area (Å²) in [4.78, 5) is 23.9. The maximum atomic E-state index is 14.6. The van der Waals surface area contributed by atoms with Crippen LogP contribution in [0.5, 0.6) is 0 Å². The first-order valence-electron chi connectivity index (χ1n) is 9.88. The predicted octanol–water partition coefficient (Wildman–Crippen LogP) is 3.19. The Hall–Kier alpha value is -1.99. The molecule has 1 aromatic heterocycles. The molecule has 0 radical (unpaired) electrons. The van der Waals surface area contributed by atoms with Crippen LogP contribution in [-0.2, 0) is 17.1 Å². The van der Waals surface area contributed by atoms with Crippen LogP contribution in [0.3, 0.4) is 0 Å². The number of nitrogens with zero attached hydrogens (tertiary/aromatic N) is 4. The smallest absolute Gasteiger partial charge is 0.303 e. The minimum absolute atomic E-state index is 0.0955. The number of halogens is 2. The van der Waals surface area contributed by atoms with Gasteiger partial charge in [0.1, 0.15) is 11.5 Å². The van der Waals surface area contributed by atoms with E-state index in [1.165, 1.54) is 0 Å². The Labute approximate surface area is 157 Å². The molecule has 2 fully saturated rings. The van der Waals surface area contributed by atoms with Gasteiger partial charge in [0.2, 0.25) is 5.95 Å². The number of fused-ring (bicyclic) bond motifs is 1. The van der Waals surface area contributed by atoms with Gasteiger partial charge >= 0.3 is 5.97 Å². The molecule has 1 N–H and O–H groups in total. The largest absolute Gasteiger partial charge is 0.481 e. The third-order valence-corrected chi connectivity index (χ3v) is 6.17. The number of hydrogen-bond acceptors (Lipinski definition) is 5. The highest BCUT2D eigenvalue weighted by Crippen LogP contribution is 2.44. The average Bonchev–Trinajstić information content (AvgIpc) is 3.07. The normalized spacial score (nSPS) is 26.6. The molecule has 1 aromatic rings.